The van der Waals surface area contributed by atoms with Gasteiger partial charge in [-0.05, 0) is 26.3 Å². The van der Waals surface area contributed by atoms with Crippen LogP contribution in [0.3, 0.4) is 0 Å². The maximum Gasteiger partial charge on any atom is 0.290 e. The summed E-state index contributed by atoms with van der Waals surface area (Å²) in [5.74, 6) is -0.110. The minimum Gasteiger partial charge on any atom is -0.267 e. The largest absolute Gasteiger partial charge is 0.290 e. The average Bonchev–Trinajstić information content (AvgIpc) is 3.04. The molecule has 0 unspecified atom stereocenters. The second-order valence-electron chi connectivity index (χ2n) is 5.40. The number of nitrogens with one attached hydrogen (secondary N) is 1. The van der Waals surface area contributed by atoms with Crippen LogP contribution in [0.25, 0.3) is 10.2 Å². The van der Waals surface area contributed by atoms with Gasteiger partial charge in [0.15, 0.2) is 0 Å². The van der Waals surface area contributed by atoms with E-state index in [9.17, 15) is 9.59 Å². The Kier molecular flexibility index (Phi) is 4.18. The fourth-order valence-corrected chi connectivity index (χ4v) is 3.72. The predicted octanol–water partition coefficient (Wildman–Crippen LogP) is 2.41. The number of halogens is 1. The van der Waals surface area contributed by atoms with E-state index in [1.165, 1.54) is 16.0 Å². The highest BCUT2D eigenvalue weighted by molar-refractivity contribution is 7.18. The Morgan fingerprint density at radius 3 is 2.71 bits per heavy atom. The number of aromatic nitrogens is 4. The first kappa shape index (κ1) is 16.7. The molecule has 3 rings (SSSR count). The number of nitrogens with zero attached hydrogens (tertiary/aromatic N) is 4. The summed E-state index contributed by atoms with van der Waals surface area (Å²) >= 11 is 7.61. The smallest absolute Gasteiger partial charge is 0.267 e. The Balaban J connectivity index is 2.06. The van der Waals surface area contributed by atoms with E-state index < -0.39 is 5.91 Å². The lowest BCUT2D eigenvalue weighted by Crippen LogP contribution is -2.36. The number of thiophene rings is 1. The molecule has 0 bridgehead atoms. The summed E-state index contributed by atoms with van der Waals surface area (Å²) in [5.41, 5.74) is 3.01. The highest BCUT2D eigenvalue weighted by Gasteiger charge is 2.21. The van der Waals surface area contributed by atoms with Gasteiger partial charge < -0.3 is 0 Å². The molecule has 0 fully saturated rings. The molecule has 3 aromatic heterocycles. The topological polar surface area (TPSA) is 81.8 Å². The van der Waals surface area contributed by atoms with Gasteiger partial charge >= 0.3 is 0 Å². The van der Waals surface area contributed by atoms with E-state index in [4.69, 9.17) is 11.6 Å². The molecule has 0 aromatic carbocycles. The van der Waals surface area contributed by atoms with Gasteiger partial charge in [0.25, 0.3) is 11.5 Å². The van der Waals surface area contributed by atoms with Crippen LogP contribution in [0, 0.1) is 13.8 Å². The van der Waals surface area contributed by atoms with Crippen molar-refractivity contribution < 1.29 is 4.79 Å². The third-order valence-electron chi connectivity index (χ3n) is 3.71. The zero-order chi connectivity index (χ0) is 17.6. The van der Waals surface area contributed by atoms with Crippen molar-refractivity contribution in [3.8, 4) is 0 Å². The van der Waals surface area contributed by atoms with Crippen molar-refractivity contribution in [2.75, 3.05) is 5.43 Å². The van der Waals surface area contributed by atoms with Crippen molar-refractivity contribution in [3.63, 3.8) is 0 Å². The molecule has 0 atom stereocenters. The van der Waals surface area contributed by atoms with Gasteiger partial charge in [-0.3, -0.25) is 19.7 Å². The van der Waals surface area contributed by atoms with Crippen LogP contribution in [0.5, 0.6) is 0 Å². The molecule has 9 heteroatoms. The molecule has 0 saturated heterocycles. The number of hydrogen-bond donors (Lipinski definition) is 1. The monoisotopic (exact) mass is 365 g/mol. The fraction of sp³-hybridized carbons (Fsp3) is 0.333. The van der Waals surface area contributed by atoms with Gasteiger partial charge in [0.05, 0.1) is 16.1 Å². The van der Waals surface area contributed by atoms with E-state index in [1.807, 2.05) is 13.0 Å². The standard InChI is InChI=1S/C15H16ClN5O2S/c1-5-9-6-10-14(24-9)17-8(3)21(15(10)23)19-13(22)12-11(16)7(2)18-20(12)4/h6H,5H2,1-4H3,(H,19,22). The molecule has 7 nitrogen and oxygen atoms in total. The molecular weight excluding hydrogens is 350 g/mol. The Bertz CT molecular complexity index is 1020. The molecule has 3 aromatic rings. The molecular formula is C15H16ClN5O2S. The lowest BCUT2D eigenvalue weighted by Gasteiger charge is -2.11. The van der Waals surface area contributed by atoms with E-state index in [1.54, 1.807) is 20.9 Å². The van der Waals surface area contributed by atoms with Crippen LogP contribution in [-0.2, 0) is 13.5 Å². The third kappa shape index (κ3) is 2.61. The van der Waals surface area contributed by atoms with Crippen molar-refractivity contribution in [3.05, 3.63) is 43.5 Å². The van der Waals surface area contributed by atoms with Crippen LogP contribution >= 0.6 is 22.9 Å². The van der Waals surface area contributed by atoms with Crippen LogP contribution in [-0.4, -0.2) is 25.3 Å². The Morgan fingerprint density at radius 2 is 2.12 bits per heavy atom. The first-order valence-corrected chi connectivity index (χ1v) is 8.55. The summed E-state index contributed by atoms with van der Waals surface area (Å²) in [5, 5.41) is 4.86. The molecule has 0 aliphatic rings. The molecule has 0 spiro atoms. The molecule has 0 aliphatic carbocycles. The highest BCUT2D eigenvalue weighted by atomic mass is 35.5. The molecule has 3 heterocycles. The SMILES string of the molecule is CCc1cc2c(=O)n(NC(=O)c3c(Cl)c(C)nn3C)c(C)nc2s1. The highest BCUT2D eigenvalue weighted by Crippen LogP contribution is 2.22. The number of aryl methyl sites for hydroxylation is 4. The van der Waals surface area contributed by atoms with Gasteiger partial charge in [0.1, 0.15) is 16.3 Å². The van der Waals surface area contributed by atoms with Crippen LogP contribution in [0.2, 0.25) is 5.02 Å². The van der Waals surface area contributed by atoms with E-state index in [0.29, 0.717) is 21.7 Å². The van der Waals surface area contributed by atoms with Gasteiger partial charge in [0.2, 0.25) is 0 Å². The zero-order valence-corrected chi connectivity index (χ0v) is 15.2. The van der Waals surface area contributed by atoms with Crippen molar-refractivity contribution in [2.24, 2.45) is 7.05 Å². The zero-order valence-electron chi connectivity index (χ0n) is 13.7. The summed E-state index contributed by atoms with van der Waals surface area (Å²) in [6.45, 7) is 5.40. The predicted molar refractivity (Wildman–Crippen MR) is 94.6 cm³/mol. The summed E-state index contributed by atoms with van der Waals surface area (Å²) in [6.07, 6.45) is 0.829. The second-order valence-corrected chi connectivity index (χ2v) is 6.89. The second kappa shape index (κ2) is 6.03. The van der Waals surface area contributed by atoms with Gasteiger partial charge in [0, 0.05) is 11.9 Å². The van der Waals surface area contributed by atoms with Crippen molar-refractivity contribution >= 4 is 39.1 Å². The van der Waals surface area contributed by atoms with Crippen LogP contribution in [0.1, 0.15) is 33.8 Å². The molecule has 0 aliphatic heterocycles. The van der Waals surface area contributed by atoms with Gasteiger partial charge in [-0.25, -0.2) is 9.66 Å². The first-order chi connectivity index (χ1) is 11.3. The number of carbonyl (C=O) groups is 1. The quantitative estimate of drug-likeness (QED) is 0.772. The summed E-state index contributed by atoms with van der Waals surface area (Å²) in [4.78, 5) is 31.4. The van der Waals surface area contributed by atoms with Crippen molar-refractivity contribution in [2.45, 2.75) is 27.2 Å². The van der Waals surface area contributed by atoms with E-state index in [2.05, 4.69) is 15.5 Å². The maximum absolute atomic E-state index is 12.7. The van der Waals surface area contributed by atoms with Gasteiger partial charge in [-0.15, -0.1) is 11.3 Å². The van der Waals surface area contributed by atoms with Crippen molar-refractivity contribution in [1.29, 1.82) is 0 Å². The molecule has 1 N–H and O–H groups in total. The number of fused-ring (bicyclic) bond motifs is 1. The summed E-state index contributed by atoms with van der Waals surface area (Å²) < 4.78 is 2.54. The third-order valence-corrected chi connectivity index (χ3v) is 5.34. The number of rotatable bonds is 3. The first-order valence-electron chi connectivity index (χ1n) is 7.36. The van der Waals surface area contributed by atoms with Crippen molar-refractivity contribution in [1.82, 2.24) is 19.4 Å². The minimum absolute atomic E-state index is 0.195. The lowest BCUT2D eigenvalue weighted by atomic mass is 10.3. The number of amides is 1. The Hall–Kier alpha value is -2.19. The molecule has 0 saturated carbocycles. The van der Waals surface area contributed by atoms with Crippen LogP contribution in [0.4, 0.5) is 0 Å². The number of carbonyl (C=O) groups excluding carboxylic acids is 1. The molecule has 1 amide bonds. The fourth-order valence-electron chi connectivity index (χ4n) is 2.47. The summed E-state index contributed by atoms with van der Waals surface area (Å²) in [6, 6.07) is 1.82. The normalized spacial score (nSPS) is 11.2. The van der Waals surface area contributed by atoms with E-state index in [-0.39, 0.29) is 16.3 Å². The Morgan fingerprint density at radius 1 is 1.42 bits per heavy atom. The average molecular weight is 366 g/mol. The summed E-state index contributed by atoms with van der Waals surface area (Å²) in [7, 11) is 1.62. The molecule has 24 heavy (non-hydrogen) atoms. The minimum atomic E-state index is -0.514. The Labute approximate surface area is 146 Å². The van der Waals surface area contributed by atoms with E-state index >= 15 is 0 Å². The maximum atomic E-state index is 12.7. The van der Waals surface area contributed by atoms with Gasteiger partial charge in [-0.1, -0.05) is 18.5 Å². The van der Waals surface area contributed by atoms with E-state index in [0.717, 1.165) is 16.0 Å². The lowest BCUT2D eigenvalue weighted by molar-refractivity contribution is 0.0997. The molecule has 0 radical (unpaired) electrons. The van der Waals surface area contributed by atoms with Crippen LogP contribution < -0.4 is 11.0 Å². The molecule has 126 valence electrons. The number of hydrogen-bond acceptors (Lipinski definition) is 5. The van der Waals surface area contributed by atoms with Gasteiger partial charge in [-0.2, -0.15) is 5.10 Å². The van der Waals surface area contributed by atoms with Crippen LogP contribution in [0.15, 0.2) is 10.9 Å².